The van der Waals surface area contributed by atoms with Gasteiger partial charge in [0.2, 0.25) is 0 Å². The third-order valence-electron chi connectivity index (χ3n) is 3.57. The van der Waals surface area contributed by atoms with Crippen LogP contribution in [0.3, 0.4) is 0 Å². The van der Waals surface area contributed by atoms with Crippen molar-refractivity contribution in [1.82, 2.24) is 9.88 Å². The van der Waals surface area contributed by atoms with E-state index in [9.17, 15) is 0 Å². The van der Waals surface area contributed by atoms with Gasteiger partial charge in [-0.1, -0.05) is 18.2 Å². The van der Waals surface area contributed by atoms with Crippen molar-refractivity contribution < 1.29 is 0 Å². The molecule has 1 fully saturated rings. The van der Waals surface area contributed by atoms with E-state index in [1.54, 1.807) is 0 Å². The predicted octanol–water partition coefficient (Wildman–Crippen LogP) is 3.42. The molecular weight excluding hydrogens is 240 g/mol. The minimum Gasteiger partial charge on any atom is -0.306 e. The molecule has 3 heteroatoms. The van der Waals surface area contributed by atoms with E-state index in [1.165, 1.54) is 36.2 Å². The number of fused-ring (bicyclic) bond motifs is 1. The molecule has 1 aromatic heterocycles. The van der Waals surface area contributed by atoms with Crippen molar-refractivity contribution in [3.8, 4) is 0 Å². The Hall–Kier alpha value is -1.06. The Labute approximate surface area is 112 Å². The van der Waals surface area contributed by atoms with Gasteiger partial charge in [-0.2, -0.15) is 0 Å². The van der Waals surface area contributed by atoms with Gasteiger partial charge in [-0.25, -0.2) is 0 Å². The van der Waals surface area contributed by atoms with Crippen LogP contribution < -0.4 is 0 Å². The molecule has 0 bridgehead atoms. The first-order chi connectivity index (χ1) is 8.83. The number of hydrogen-bond acceptors (Lipinski definition) is 3. The SMILES string of the molecule is CN1CCC(Sc2ccnc3ccccc23)CC1. The fraction of sp³-hybridized carbons (Fsp3) is 0.400. The molecule has 2 heterocycles. The highest BCUT2D eigenvalue weighted by atomic mass is 32.2. The van der Waals surface area contributed by atoms with Gasteiger partial charge in [-0.3, -0.25) is 4.98 Å². The zero-order valence-electron chi connectivity index (χ0n) is 10.7. The third-order valence-corrected chi connectivity index (χ3v) is 4.98. The number of piperidine rings is 1. The average molecular weight is 258 g/mol. The summed E-state index contributed by atoms with van der Waals surface area (Å²) in [5.41, 5.74) is 1.11. The number of benzene rings is 1. The molecule has 0 spiro atoms. The number of hydrogen-bond donors (Lipinski definition) is 0. The minimum atomic E-state index is 0.756. The van der Waals surface area contributed by atoms with Gasteiger partial charge in [0, 0.05) is 21.7 Å². The number of para-hydroxylation sites is 1. The molecule has 2 aromatic rings. The zero-order chi connectivity index (χ0) is 12.4. The highest BCUT2D eigenvalue weighted by Crippen LogP contribution is 2.33. The van der Waals surface area contributed by atoms with E-state index in [-0.39, 0.29) is 0 Å². The monoisotopic (exact) mass is 258 g/mol. The summed E-state index contributed by atoms with van der Waals surface area (Å²) < 4.78 is 0. The van der Waals surface area contributed by atoms with Gasteiger partial charge in [0.1, 0.15) is 0 Å². The summed E-state index contributed by atoms with van der Waals surface area (Å²) in [4.78, 5) is 8.23. The Morgan fingerprint density at radius 2 is 1.94 bits per heavy atom. The summed E-state index contributed by atoms with van der Waals surface area (Å²) in [5.74, 6) is 0. The van der Waals surface area contributed by atoms with Crippen LogP contribution >= 0.6 is 11.8 Å². The fourth-order valence-corrected chi connectivity index (χ4v) is 3.70. The Morgan fingerprint density at radius 3 is 2.78 bits per heavy atom. The number of rotatable bonds is 2. The van der Waals surface area contributed by atoms with Crippen molar-refractivity contribution in [1.29, 1.82) is 0 Å². The summed E-state index contributed by atoms with van der Waals surface area (Å²) in [6, 6.07) is 10.6. The second kappa shape index (κ2) is 5.29. The average Bonchev–Trinajstić information content (AvgIpc) is 2.42. The lowest BCUT2D eigenvalue weighted by atomic mass is 10.1. The van der Waals surface area contributed by atoms with Crippen LogP contribution in [0.25, 0.3) is 10.9 Å². The van der Waals surface area contributed by atoms with Crippen LogP contribution in [0.4, 0.5) is 0 Å². The third kappa shape index (κ3) is 2.52. The normalized spacial score (nSPS) is 18.3. The van der Waals surface area contributed by atoms with Crippen LogP contribution in [-0.4, -0.2) is 35.3 Å². The number of thioether (sulfide) groups is 1. The first kappa shape index (κ1) is 12.0. The molecule has 0 atom stereocenters. The van der Waals surface area contributed by atoms with Gasteiger partial charge < -0.3 is 4.90 Å². The van der Waals surface area contributed by atoms with Crippen molar-refractivity contribution in [2.24, 2.45) is 0 Å². The summed E-state index contributed by atoms with van der Waals surface area (Å²) in [5, 5.41) is 2.05. The van der Waals surface area contributed by atoms with Crippen LogP contribution in [0, 0.1) is 0 Å². The van der Waals surface area contributed by atoms with E-state index < -0.39 is 0 Å². The van der Waals surface area contributed by atoms with Crippen molar-refractivity contribution in [2.45, 2.75) is 23.0 Å². The lowest BCUT2D eigenvalue weighted by Gasteiger charge is -2.28. The maximum atomic E-state index is 4.43. The standard InChI is InChI=1S/C15H18N2S/c1-17-10-7-12(8-11-17)18-15-6-9-16-14-5-3-2-4-13(14)15/h2-6,9,12H,7-8,10-11H2,1H3. The molecule has 1 aliphatic heterocycles. The van der Waals surface area contributed by atoms with Crippen LogP contribution in [0.1, 0.15) is 12.8 Å². The van der Waals surface area contributed by atoms with Crippen LogP contribution in [-0.2, 0) is 0 Å². The molecule has 18 heavy (non-hydrogen) atoms. The van der Waals surface area contributed by atoms with Gasteiger partial charge in [-0.15, -0.1) is 11.8 Å². The van der Waals surface area contributed by atoms with Gasteiger partial charge >= 0.3 is 0 Å². The molecule has 3 rings (SSSR count). The Morgan fingerprint density at radius 1 is 1.17 bits per heavy atom. The highest BCUT2D eigenvalue weighted by molar-refractivity contribution is 8.00. The number of nitrogens with zero attached hydrogens (tertiary/aromatic N) is 2. The molecule has 0 saturated carbocycles. The van der Waals surface area contributed by atoms with Gasteiger partial charge in [-0.05, 0) is 45.1 Å². The van der Waals surface area contributed by atoms with E-state index in [2.05, 4.69) is 47.3 Å². The summed E-state index contributed by atoms with van der Waals surface area (Å²) >= 11 is 2.03. The Balaban J connectivity index is 1.82. The molecule has 2 nitrogen and oxygen atoms in total. The molecule has 1 aromatic carbocycles. The Kier molecular flexibility index (Phi) is 3.52. The quantitative estimate of drug-likeness (QED) is 0.821. The smallest absolute Gasteiger partial charge is 0.0713 e. The Bertz CT molecular complexity index is 528. The second-order valence-electron chi connectivity index (χ2n) is 4.95. The molecule has 0 unspecified atom stereocenters. The summed E-state index contributed by atoms with van der Waals surface area (Å²) in [6.07, 6.45) is 4.51. The molecule has 0 N–H and O–H groups in total. The lowest BCUT2D eigenvalue weighted by molar-refractivity contribution is 0.282. The second-order valence-corrected chi connectivity index (χ2v) is 6.29. The van der Waals surface area contributed by atoms with Gasteiger partial charge in [0.15, 0.2) is 0 Å². The topological polar surface area (TPSA) is 16.1 Å². The lowest BCUT2D eigenvalue weighted by Crippen LogP contribution is -2.31. The predicted molar refractivity (Wildman–Crippen MR) is 78.1 cm³/mol. The van der Waals surface area contributed by atoms with Gasteiger partial charge in [0.25, 0.3) is 0 Å². The molecule has 0 amide bonds. The van der Waals surface area contributed by atoms with Crippen LogP contribution in [0.2, 0.25) is 0 Å². The summed E-state index contributed by atoms with van der Waals surface area (Å²) in [7, 11) is 2.21. The van der Waals surface area contributed by atoms with Gasteiger partial charge in [0.05, 0.1) is 5.52 Å². The maximum Gasteiger partial charge on any atom is 0.0713 e. The fourth-order valence-electron chi connectivity index (χ4n) is 2.45. The largest absolute Gasteiger partial charge is 0.306 e. The summed E-state index contributed by atoms with van der Waals surface area (Å²) in [6.45, 7) is 2.45. The molecule has 0 radical (unpaired) electrons. The number of pyridine rings is 1. The van der Waals surface area contributed by atoms with E-state index >= 15 is 0 Å². The first-order valence-corrected chi connectivity index (χ1v) is 7.40. The van der Waals surface area contributed by atoms with Crippen molar-refractivity contribution >= 4 is 22.7 Å². The van der Waals surface area contributed by atoms with Crippen molar-refractivity contribution in [2.75, 3.05) is 20.1 Å². The highest BCUT2D eigenvalue weighted by Gasteiger charge is 2.18. The van der Waals surface area contributed by atoms with E-state index in [1.807, 2.05) is 18.0 Å². The number of aromatic nitrogens is 1. The maximum absolute atomic E-state index is 4.43. The van der Waals surface area contributed by atoms with E-state index in [0.29, 0.717) is 0 Å². The van der Waals surface area contributed by atoms with Crippen LogP contribution in [0.15, 0.2) is 41.4 Å². The zero-order valence-corrected chi connectivity index (χ0v) is 11.5. The van der Waals surface area contributed by atoms with Crippen molar-refractivity contribution in [3.05, 3.63) is 36.5 Å². The van der Waals surface area contributed by atoms with Crippen LogP contribution in [0.5, 0.6) is 0 Å². The van der Waals surface area contributed by atoms with E-state index in [4.69, 9.17) is 0 Å². The first-order valence-electron chi connectivity index (χ1n) is 6.52. The van der Waals surface area contributed by atoms with Crippen molar-refractivity contribution in [3.63, 3.8) is 0 Å². The molecule has 1 aliphatic rings. The number of likely N-dealkylation sites (tertiary alicyclic amines) is 1. The molecule has 0 aliphatic carbocycles. The molecule has 94 valence electrons. The molecular formula is C15H18N2S. The van der Waals surface area contributed by atoms with E-state index in [0.717, 1.165) is 10.8 Å². The minimum absolute atomic E-state index is 0.756. The molecule has 1 saturated heterocycles.